The normalized spacial score (nSPS) is 37.1. The van der Waals surface area contributed by atoms with E-state index in [0.717, 1.165) is 17.8 Å². The average Bonchev–Trinajstić information content (AvgIpc) is 2.90. The lowest BCUT2D eigenvalue weighted by atomic mass is 9.62. The van der Waals surface area contributed by atoms with Crippen LogP contribution < -0.4 is 0 Å². The van der Waals surface area contributed by atoms with E-state index in [2.05, 4.69) is 57.2 Å². The zero-order valence-electron chi connectivity index (χ0n) is 15.5. The Bertz CT molecular complexity index is 349. The van der Waals surface area contributed by atoms with Crippen LogP contribution in [-0.2, 0) is 4.43 Å². The van der Waals surface area contributed by atoms with Gasteiger partial charge in [-0.3, -0.25) is 0 Å². The Balaban J connectivity index is 2.16. The average molecular weight is 436 g/mol. The summed E-state index contributed by atoms with van der Waals surface area (Å²) in [5, 5.41) is 0. The largest absolute Gasteiger partial charge is 0.414 e. The Hall–Kier alpha value is 0.907. The fourth-order valence-corrected chi connectivity index (χ4v) is 9.20. The van der Waals surface area contributed by atoms with Crippen LogP contribution in [-0.4, -0.2) is 18.8 Å². The Morgan fingerprint density at radius 3 is 2.32 bits per heavy atom. The van der Waals surface area contributed by atoms with E-state index in [1.54, 1.807) is 0 Å². The quantitative estimate of drug-likeness (QED) is 0.246. The summed E-state index contributed by atoms with van der Waals surface area (Å²) in [5.41, 5.74) is 0.558. The second kappa shape index (κ2) is 7.86. The minimum Gasteiger partial charge on any atom is -0.414 e. The molecule has 0 amide bonds. The third kappa shape index (κ3) is 3.46. The molecule has 3 heteroatoms. The van der Waals surface area contributed by atoms with Crippen LogP contribution in [0, 0.1) is 23.2 Å². The number of rotatable bonds is 7. The van der Waals surface area contributed by atoms with Crippen molar-refractivity contribution in [1.29, 1.82) is 0 Å². The van der Waals surface area contributed by atoms with Crippen LogP contribution >= 0.6 is 22.6 Å². The van der Waals surface area contributed by atoms with E-state index in [-0.39, 0.29) is 0 Å². The van der Waals surface area contributed by atoms with Crippen molar-refractivity contribution in [2.75, 3.05) is 4.43 Å². The standard InChI is InChI=1S/C19H37IOSi/c1-6-22(7-2,8-3)21-18-10-9-13-19(5)16(15(4)14-20)11-12-17(18)19/h15-18H,6-14H2,1-5H3/t15-,16-,17?,18+,19-/m1/s1. The topological polar surface area (TPSA) is 9.23 Å². The molecule has 2 aliphatic rings. The number of hydrogen-bond acceptors (Lipinski definition) is 1. The van der Waals surface area contributed by atoms with E-state index in [0.29, 0.717) is 11.5 Å². The van der Waals surface area contributed by atoms with Gasteiger partial charge in [-0.1, -0.05) is 63.6 Å². The van der Waals surface area contributed by atoms with Crippen LogP contribution in [0.2, 0.25) is 18.1 Å². The predicted molar refractivity (Wildman–Crippen MR) is 108 cm³/mol. The maximum atomic E-state index is 7.00. The van der Waals surface area contributed by atoms with Crippen LogP contribution in [0.1, 0.15) is 66.7 Å². The highest BCUT2D eigenvalue weighted by molar-refractivity contribution is 14.1. The predicted octanol–water partition coefficient (Wildman–Crippen LogP) is 6.66. The molecule has 0 aromatic heterocycles. The maximum absolute atomic E-state index is 7.00. The first-order chi connectivity index (χ1) is 10.5. The molecule has 0 aliphatic heterocycles. The van der Waals surface area contributed by atoms with Gasteiger partial charge in [0.25, 0.3) is 0 Å². The first-order valence-corrected chi connectivity index (χ1v) is 13.8. The van der Waals surface area contributed by atoms with E-state index in [1.165, 1.54) is 54.7 Å². The Labute approximate surface area is 153 Å². The molecule has 0 saturated heterocycles. The number of fused-ring (bicyclic) bond motifs is 1. The van der Waals surface area contributed by atoms with Crippen molar-refractivity contribution in [2.45, 2.75) is 91.0 Å². The third-order valence-corrected chi connectivity index (χ3v) is 13.5. The molecular weight excluding hydrogens is 399 g/mol. The van der Waals surface area contributed by atoms with Gasteiger partial charge in [0, 0.05) is 10.5 Å². The second-order valence-electron chi connectivity index (χ2n) is 8.22. The van der Waals surface area contributed by atoms with Crippen LogP contribution in [0.15, 0.2) is 0 Å². The number of halogens is 1. The molecule has 5 atom stereocenters. The Kier molecular flexibility index (Phi) is 6.87. The molecule has 0 aromatic rings. The summed E-state index contributed by atoms with van der Waals surface area (Å²) in [6.45, 7) is 12.2. The molecule has 1 nitrogen and oxygen atoms in total. The van der Waals surface area contributed by atoms with Gasteiger partial charge < -0.3 is 4.43 Å². The first kappa shape index (κ1) is 19.2. The lowest BCUT2D eigenvalue weighted by molar-refractivity contribution is -0.0169. The number of hydrogen-bond donors (Lipinski definition) is 0. The van der Waals surface area contributed by atoms with E-state index in [1.807, 2.05) is 0 Å². The third-order valence-electron chi connectivity index (χ3n) is 7.40. The van der Waals surface area contributed by atoms with Crippen molar-refractivity contribution in [3.8, 4) is 0 Å². The van der Waals surface area contributed by atoms with Crippen LogP contribution in [0.4, 0.5) is 0 Å². The van der Waals surface area contributed by atoms with Crippen LogP contribution in [0.3, 0.4) is 0 Å². The molecule has 0 spiro atoms. The van der Waals surface area contributed by atoms with E-state index in [4.69, 9.17) is 4.43 Å². The lowest BCUT2D eigenvalue weighted by Gasteiger charge is -2.48. The molecular formula is C19H37IOSi. The minimum atomic E-state index is -1.46. The smallest absolute Gasteiger partial charge is 0.192 e. The van der Waals surface area contributed by atoms with E-state index >= 15 is 0 Å². The number of alkyl halides is 1. The Morgan fingerprint density at radius 2 is 1.77 bits per heavy atom. The molecule has 0 aromatic carbocycles. The van der Waals surface area contributed by atoms with Crippen LogP contribution in [0.25, 0.3) is 0 Å². The highest BCUT2D eigenvalue weighted by Gasteiger charge is 2.53. The van der Waals surface area contributed by atoms with E-state index in [9.17, 15) is 0 Å². The van der Waals surface area contributed by atoms with Crippen molar-refractivity contribution >= 4 is 30.9 Å². The van der Waals surface area contributed by atoms with Gasteiger partial charge in [0.1, 0.15) is 0 Å². The van der Waals surface area contributed by atoms with Gasteiger partial charge >= 0.3 is 0 Å². The van der Waals surface area contributed by atoms with Crippen LogP contribution in [0.5, 0.6) is 0 Å². The molecule has 2 rings (SSSR count). The summed E-state index contributed by atoms with van der Waals surface area (Å²) in [6.07, 6.45) is 7.63. The van der Waals surface area contributed by atoms with Gasteiger partial charge in [0.2, 0.25) is 0 Å². The molecule has 22 heavy (non-hydrogen) atoms. The second-order valence-corrected chi connectivity index (χ2v) is 13.8. The molecule has 0 bridgehead atoms. The van der Waals surface area contributed by atoms with Crippen molar-refractivity contribution in [3.05, 3.63) is 0 Å². The van der Waals surface area contributed by atoms with Gasteiger partial charge in [-0.25, -0.2) is 0 Å². The molecule has 2 fully saturated rings. The maximum Gasteiger partial charge on any atom is 0.192 e. The molecule has 0 heterocycles. The molecule has 1 unspecified atom stereocenters. The summed E-state index contributed by atoms with van der Waals surface area (Å²) in [4.78, 5) is 0. The van der Waals surface area contributed by atoms with Gasteiger partial charge in [-0.2, -0.15) is 0 Å². The molecule has 2 aliphatic carbocycles. The van der Waals surface area contributed by atoms with Crippen molar-refractivity contribution in [2.24, 2.45) is 23.2 Å². The highest BCUT2D eigenvalue weighted by Crippen LogP contribution is 2.58. The monoisotopic (exact) mass is 436 g/mol. The summed E-state index contributed by atoms with van der Waals surface area (Å²) in [6, 6.07) is 3.90. The van der Waals surface area contributed by atoms with Crippen molar-refractivity contribution in [3.63, 3.8) is 0 Å². The lowest BCUT2D eigenvalue weighted by Crippen LogP contribution is -2.48. The van der Waals surface area contributed by atoms with Gasteiger partial charge in [-0.05, 0) is 67.0 Å². The van der Waals surface area contributed by atoms with Crippen molar-refractivity contribution in [1.82, 2.24) is 0 Å². The Morgan fingerprint density at radius 1 is 1.14 bits per heavy atom. The summed E-state index contributed by atoms with van der Waals surface area (Å²) < 4.78 is 8.32. The van der Waals surface area contributed by atoms with Gasteiger partial charge in [0.15, 0.2) is 8.32 Å². The minimum absolute atomic E-state index is 0.558. The molecule has 130 valence electrons. The van der Waals surface area contributed by atoms with E-state index < -0.39 is 8.32 Å². The summed E-state index contributed by atoms with van der Waals surface area (Å²) in [7, 11) is -1.46. The SMILES string of the molecule is CC[Si](CC)(CC)O[C@H]1CCC[C@@]2(C)C1CC[C@@H]2[C@H](C)CI. The molecule has 2 saturated carbocycles. The first-order valence-electron chi connectivity index (χ1n) is 9.70. The van der Waals surface area contributed by atoms with Crippen molar-refractivity contribution < 1.29 is 4.43 Å². The molecule has 0 N–H and O–H groups in total. The van der Waals surface area contributed by atoms with Gasteiger partial charge in [0.05, 0.1) is 0 Å². The fourth-order valence-electron chi connectivity index (χ4n) is 5.66. The summed E-state index contributed by atoms with van der Waals surface area (Å²) >= 11 is 2.59. The highest BCUT2D eigenvalue weighted by atomic mass is 127. The molecule has 0 radical (unpaired) electrons. The fraction of sp³-hybridized carbons (Fsp3) is 1.00. The van der Waals surface area contributed by atoms with Gasteiger partial charge in [-0.15, -0.1) is 0 Å². The zero-order valence-corrected chi connectivity index (χ0v) is 18.6. The zero-order chi connectivity index (χ0) is 16.4. The summed E-state index contributed by atoms with van der Waals surface area (Å²) in [5.74, 6) is 2.65.